The lowest BCUT2D eigenvalue weighted by molar-refractivity contribution is -0.122. The number of hydrogen-bond acceptors (Lipinski definition) is 2. The molecule has 0 unspecified atom stereocenters. The van der Waals surface area contributed by atoms with Gasteiger partial charge in [-0.05, 0) is 26.0 Å². The highest BCUT2D eigenvalue weighted by Crippen LogP contribution is 2.57. The number of benzene rings is 1. The molecule has 3 aliphatic rings. The second-order valence-electron chi connectivity index (χ2n) is 6.29. The Hall–Kier alpha value is -2.16. The van der Waals surface area contributed by atoms with Crippen LogP contribution in [0.2, 0.25) is 0 Å². The Morgan fingerprint density at radius 1 is 0.905 bits per heavy atom. The molecule has 3 nitrogen and oxygen atoms in total. The van der Waals surface area contributed by atoms with Gasteiger partial charge in [0.15, 0.2) is 0 Å². The number of nitrogens with zero attached hydrogens (tertiary/aromatic N) is 1. The van der Waals surface area contributed by atoms with Crippen LogP contribution in [-0.4, -0.2) is 11.8 Å². The normalized spacial score (nSPS) is 33.0. The highest BCUT2D eigenvalue weighted by molar-refractivity contribution is 6.23. The lowest BCUT2D eigenvalue weighted by atomic mass is 9.85. The van der Waals surface area contributed by atoms with Crippen LogP contribution in [0.3, 0.4) is 0 Å². The van der Waals surface area contributed by atoms with Gasteiger partial charge in [0.2, 0.25) is 11.8 Å². The van der Waals surface area contributed by atoms with Crippen LogP contribution >= 0.6 is 0 Å². The topological polar surface area (TPSA) is 37.4 Å². The maximum atomic E-state index is 12.8. The molecule has 1 heterocycles. The van der Waals surface area contributed by atoms with Crippen molar-refractivity contribution in [2.45, 2.75) is 13.8 Å². The van der Waals surface area contributed by atoms with E-state index in [1.165, 1.54) is 16.0 Å². The van der Waals surface area contributed by atoms with E-state index in [2.05, 4.69) is 26.0 Å². The summed E-state index contributed by atoms with van der Waals surface area (Å²) in [5.41, 5.74) is 3.23. The largest absolute Gasteiger partial charge is 0.274 e. The first-order valence-corrected chi connectivity index (χ1v) is 7.39. The zero-order valence-electron chi connectivity index (χ0n) is 12.1. The number of anilines is 1. The fourth-order valence-electron chi connectivity index (χ4n) is 4.26. The number of allylic oxidation sites excluding steroid dienone is 4. The van der Waals surface area contributed by atoms with E-state index >= 15 is 0 Å². The van der Waals surface area contributed by atoms with Crippen LogP contribution in [0.15, 0.2) is 53.6 Å². The average molecular weight is 279 g/mol. The Bertz CT molecular complexity index is 663. The number of carbonyl (C=O) groups is 2. The quantitative estimate of drug-likeness (QED) is 0.585. The lowest BCUT2D eigenvalue weighted by Gasteiger charge is -2.19. The van der Waals surface area contributed by atoms with Crippen molar-refractivity contribution >= 4 is 17.5 Å². The zero-order chi connectivity index (χ0) is 14.7. The maximum absolute atomic E-state index is 12.8. The van der Waals surface area contributed by atoms with Gasteiger partial charge in [0.25, 0.3) is 0 Å². The van der Waals surface area contributed by atoms with Crippen molar-refractivity contribution in [1.82, 2.24) is 0 Å². The van der Waals surface area contributed by atoms with Gasteiger partial charge in [-0.1, -0.05) is 41.5 Å². The summed E-state index contributed by atoms with van der Waals surface area (Å²) in [6.45, 7) is 4.15. The van der Waals surface area contributed by atoms with Gasteiger partial charge in [-0.3, -0.25) is 9.59 Å². The van der Waals surface area contributed by atoms with Crippen molar-refractivity contribution in [3.05, 3.63) is 53.6 Å². The predicted octanol–water partition coefficient (Wildman–Crippen LogP) is 2.94. The second kappa shape index (κ2) is 4.17. The second-order valence-corrected chi connectivity index (χ2v) is 6.29. The van der Waals surface area contributed by atoms with Crippen molar-refractivity contribution < 1.29 is 9.59 Å². The van der Waals surface area contributed by atoms with Crippen LogP contribution in [-0.2, 0) is 9.59 Å². The maximum Gasteiger partial charge on any atom is 0.238 e. The summed E-state index contributed by atoms with van der Waals surface area (Å²) in [7, 11) is 0. The molecule has 0 spiro atoms. The summed E-state index contributed by atoms with van der Waals surface area (Å²) in [6.07, 6.45) is 4.24. The molecular weight excluding hydrogens is 262 g/mol. The van der Waals surface area contributed by atoms with E-state index in [9.17, 15) is 9.59 Å². The molecule has 0 aromatic heterocycles. The van der Waals surface area contributed by atoms with Gasteiger partial charge in [-0.15, -0.1) is 0 Å². The fraction of sp³-hybridized carbons (Fsp3) is 0.333. The van der Waals surface area contributed by atoms with E-state index in [0.29, 0.717) is 5.69 Å². The molecule has 2 bridgehead atoms. The minimum absolute atomic E-state index is 0.0354. The smallest absolute Gasteiger partial charge is 0.238 e. The molecule has 0 N–H and O–H groups in total. The van der Waals surface area contributed by atoms with Crippen molar-refractivity contribution in [2.75, 3.05) is 4.90 Å². The van der Waals surface area contributed by atoms with E-state index in [4.69, 9.17) is 0 Å². The SMILES string of the molecule is CC(C)=C1[C@H]2C=C[C@@H]1[C@H]1C(=O)N(c3ccccc3)C(=O)[C@H]12. The molecule has 1 aromatic rings. The Kier molecular flexibility index (Phi) is 2.49. The molecule has 0 radical (unpaired) electrons. The molecule has 2 fully saturated rings. The van der Waals surface area contributed by atoms with E-state index in [1.54, 1.807) is 0 Å². The van der Waals surface area contributed by atoms with E-state index in [0.717, 1.165) is 0 Å². The Morgan fingerprint density at radius 2 is 1.43 bits per heavy atom. The number of carbonyl (C=O) groups excluding carboxylic acids is 2. The third-order valence-corrected chi connectivity index (χ3v) is 5.01. The van der Waals surface area contributed by atoms with Crippen molar-refractivity contribution in [3.8, 4) is 0 Å². The van der Waals surface area contributed by atoms with Gasteiger partial charge in [0.1, 0.15) is 0 Å². The summed E-state index contributed by atoms with van der Waals surface area (Å²) in [6, 6.07) is 9.26. The Morgan fingerprint density at radius 3 is 1.90 bits per heavy atom. The molecule has 1 aliphatic heterocycles. The Balaban J connectivity index is 1.79. The molecule has 2 amide bonds. The molecule has 1 aromatic carbocycles. The van der Waals surface area contributed by atoms with Crippen LogP contribution in [0.1, 0.15) is 13.8 Å². The van der Waals surface area contributed by atoms with Crippen molar-refractivity contribution in [1.29, 1.82) is 0 Å². The molecule has 1 saturated heterocycles. The van der Waals surface area contributed by atoms with Crippen LogP contribution in [0.4, 0.5) is 5.69 Å². The molecular formula is C18H17NO2. The lowest BCUT2D eigenvalue weighted by Crippen LogP contribution is -2.33. The average Bonchev–Trinajstić information content (AvgIpc) is 3.10. The van der Waals surface area contributed by atoms with Gasteiger partial charge < -0.3 is 0 Å². The van der Waals surface area contributed by atoms with Gasteiger partial charge in [-0.2, -0.15) is 0 Å². The zero-order valence-corrected chi connectivity index (χ0v) is 12.1. The monoisotopic (exact) mass is 279 g/mol. The highest BCUT2D eigenvalue weighted by Gasteiger charge is 2.61. The first kappa shape index (κ1) is 12.6. The molecule has 3 heteroatoms. The van der Waals surface area contributed by atoms with Crippen LogP contribution in [0.25, 0.3) is 0 Å². The molecule has 1 saturated carbocycles. The summed E-state index contributed by atoms with van der Waals surface area (Å²) < 4.78 is 0. The van der Waals surface area contributed by atoms with Gasteiger partial charge in [0, 0.05) is 11.8 Å². The first-order chi connectivity index (χ1) is 10.1. The van der Waals surface area contributed by atoms with Crippen LogP contribution < -0.4 is 4.90 Å². The van der Waals surface area contributed by atoms with Crippen molar-refractivity contribution in [2.24, 2.45) is 23.7 Å². The number of rotatable bonds is 1. The van der Waals surface area contributed by atoms with Gasteiger partial charge >= 0.3 is 0 Å². The number of imide groups is 1. The summed E-state index contributed by atoms with van der Waals surface area (Å²) in [5, 5.41) is 0. The van der Waals surface area contributed by atoms with E-state index in [1.807, 2.05) is 30.3 Å². The van der Waals surface area contributed by atoms with Gasteiger partial charge in [0.05, 0.1) is 17.5 Å². The number of hydrogen-bond donors (Lipinski definition) is 0. The Labute approximate surface area is 123 Å². The van der Waals surface area contributed by atoms with Crippen molar-refractivity contribution in [3.63, 3.8) is 0 Å². The van der Waals surface area contributed by atoms with Gasteiger partial charge in [-0.25, -0.2) is 4.90 Å². The molecule has 106 valence electrons. The predicted molar refractivity (Wildman–Crippen MR) is 80.4 cm³/mol. The minimum Gasteiger partial charge on any atom is -0.274 e. The fourth-order valence-corrected chi connectivity index (χ4v) is 4.26. The third kappa shape index (κ3) is 1.49. The van der Waals surface area contributed by atoms with E-state index < -0.39 is 0 Å². The number of amides is 2. The summed E-state index contributed by atoms with van der Waals surface area (Å²) in [5.74, 6) is -0.223. The molecule has 2 aliphatic carbocycles. The highest BCUT2D eigenvalue weighted by atomic mass is 16.2. The molecule has 4 atom stereocenters. The minimum atomic E-state index is -0.197. The number of fused-ring (bicyclic) bond motifs is 5. The van der Waals surface area contributed by atoms with Crippen LogP contribution in [0, 0.1) is 23.7 Å². The summed E-state index contributed by atoms with van der Waals surface area (Å²) >= 11 is 0. The first-order valence-electron chi connectivity index (χ1n) is 7.39. The standard InChI is InChI=1S/C18H17NO2/c1-10(2)14-12-8-9-13(14)16-15(12)17(20)19(18(16)21)11-6-4-3-5-7-11/h3-9,12-13,15-16H,1-2H3/t12-,13+,15+,16-. The van der Waals surface area contributed by atoms with Crippen LogP contribution in [0.5, 0.6) is 0 Å². The molecule has 21 heavy (non-hydrogen) atoms. The number of para-hydroxylation sites is 1. The third-order valence-electron chi connectivity index (χ3n) is 5.01. The summed E-state index contributed by atoms with van der Waals surface area (Å²) in [4.78, 5) is 27.0. The molecule has 4 rings (SSSR count). The van der Waals surface area contributed by atoms with E-state index in [-0.39, 0.29) is 35.5 Å².